The Kier molecular flexibility index (Phi) is 7.40. The highest BCUT2D eigenvalue weighted by Crippen LogP contribution is 2.27. The minimum atomic E-state index is -0.424. The molecule has 0 atom stereocenters. The molecule has 0 aromatic rings. The fourth-order valence-electron chi connectivity index (χ4n) is 2.55. The van der Waals surface area contributed by atoms with Crippen LogP contribution in [0.25, 0.3) is 0 Å². The van der Waals surface area contributed by atoms with E-state index in [4.69, 9.17) is 23.2 Å². The number of alkyl halides is 2. The van der Waals surface area contributed by atoms with Crippen molar-refractivity contribution < 1.29 is 4.79 Å². The molecule has 0 aromatic carbocycles. The van der Waals surface area contributed by atoms with Gasteiger partial charge in [-0.3, -0.25) is 4.79 Å². The van der Waals surface area contributed by atoms with Crippen LogP contribution in [0.3, 0.4) is 0 Å². The molecule has 0 heterocycles. The Morgan fingerprint density at radius 2 is 1.83 bits per heavy atom. The molecule has 0 radical (unpaired) electrons. The molecule has 2 nitrogen and oxygen atoms in total. The first kappa shape index (κ1) is 16.1. The van der Waals surface area contributed by atoms with Crippen molar-refractivity contribution in [1.29, 1.82) is 0 Å². The number of hydrogen-bond donors (Lipinski definition) is 1. The van der Waals surface area contributed by atoms with Crippen LogP contribution >= 0.6 is 23.2 Å². The molecule has 1 saturated carbocycles. The Hall–Kier alpha value is 0.0500. The fourth-order valence-corrected chi connectivity index (χ4v) is 3.35. The average Bonchev–Trinajstić information content (AvgIpc) is 2.44. The van der Waals surface area contributed by atoms with E-state index in [0.717, 1.165) is 18.8 Å². The lowest BCUT2D eigenvalue weighted by Crippen LogP contribution is -2.51. The molecule has 1 aliphatic carbocycles. The van der Waals surface area contributed by atoms with Crippen LogP contribution < -0.4 is 5.32 Å². The summed E-state index contributed by atoms with van der Waals surface area (Å²) >= 11 is 11.8. The Labute approximate surface area is 121 Å². The number of halogens is 2. The van der Waals surface area contributed by atoms with Gasteiger partial charge >= 0.3 is 0 Å². The first-order valence-electron chi connectivity index (χ1n) is 7.08. The molecule has 0 spiro atoms. The fraction of sp³-hybridized carbons (Fsp3) is 0.929. The van der Waals surface area contributed by atoms with Crippen molar-refractivity contribution >= 4 is 29.1 Å². The number of carbonyl (C=O) groups is 1. The highest BCUT2D eigenvalue weighted by atomic mass is 35.5. The summed E-state index contributed by atoms with van der Waals surface area (Å²) in [7, 11) is 0. The molecule has 1 N–H and O–H groups in total. The maximum Gasteiger partial charge on any atom is 0.220 e. The largest absolute Gasteiger partial charge is 0.348 e. The van der Waals surface area contributed by atoms with Crippen molar-refractivity contribution in [2.45, 2.75) is 63.8 Å². The zero-order valence-corrected chi connectivity index (χ0v) is 12.8. The first-order valence-corrected chi connectivity index (χ1v) is 8.15. The van der Waals surface area contributed by atoms with Crippen LogP contribution in [0.4, 0.5) is 0 Å². The van der Waals surface area contributed by atoms with E-state index in [0.29, 0.717) is 18.2 Å². The summed E-state index contributed by atoms with van der Waals surface area (Å²) in [4.78, 5) is 11.9. The summed E-state index contributed by atoms with van der Waals surface area (Å²) in [6.07, 6.45) is 8.99. The van der Waals surface area contributed by atoms with Crippen LogP contribution in [0, 0.1) is 5.92 Å². The second kappa shape index (κ2) is 8.27. The molecule has 4 heteroatoms. The van der Waals surface area contributed by atoms with Gasteiger partial charge in [0.1, 0.15) is 0 Å². The molecule has 0 bridgehead atoms. The van der Waals surface area contributed by atoms with Crippen molar-refractivity contribution in [3.05, 3.63) is 0 Å². The number of rotatable bonds is 7. The summed E-state index contributed by atoms with van der Waals surface area (Å²) in [5.41, 5.74) is -0.424. The van der Waals surface area contributed by atoms with E-state index in [-0.39, 0.29) is 5.91 Å². The third kappa shape index (κ3) is 4.97. The second-order valence-corrected chi connectivity index (χ2v) is 6.03. The van der Waals surface area contributed by atoms with Crippen molar-refractivity contribution in [2.75, 3.05) is 11.8 Å². The lowest BCUT2D eigenvalue weighted by molar-refractivity contribution is -0.123. The predicted octanol–water partition coefficient (Wildman–Crippen LogP) is 4.09. The Morgan fingerprint density at radius 1 is 1.22 bits per heavy atom. The maximum absolute atomic E-state index is 11.9. The van der Waals surface area contributed by atoms with Crippen molar-refractivity contribution in [1.82, 2.24) is 5.32 Å². The highest BCUT2D eigenvalue weighted by Gasteiger charge is 2.28. The van der Waals surface area contributed by atoms with Gasteiger partial charge in [-0.25, -0.2) is 0 Å². The zero-order valence-electron chi connectivity index (χ0n) is 11.3. The van der Waals surface area contributed by atoms with Gasteiger partial charge in [-0.2, -0.15) is 0 Å². The predicted molar refractivity (Wildman–Crippen MR) is 78.4 cm³/mol. The van der Waals surface area contributed by atoms with Gasteiger partial charge in [0.15, 0.2) is 0 Å². The van der Waals surface area contributed by atoms with Gasteiger partial charge < -0.3 is 5.32 Å². The maximum atomic E-state index is 11.9. The zero-order chi connectivity index (χ0) is 13.4. The topological polar surface area (TPSA) is 29.1 Å². The smallest absolute Gasteiger partial charge is 0.220 e. The van der Waals surface area contributed by atoms with Gasteiger partial charge in [0.25, 0.3) is 0 Å². The monoisotopic (exact) mass is 293 g/mol. The van der Waals surface area contributed by atoms with Gasteiger partial charge in [-0.1, -0.05) is 39.0 Å². The van der Waals surface area contributed by atoms with E-state index in [1.807, 2.05) is 6.92 Å². The summed E-state index contributed by atoms with van der Waals surface area (Å²) in [6, 6.07) is 0. The average molecular weight is 294 g/mol. The van der Waals surface area contributed by atoms with E-state index in [1.54, 1.807) is 0 Å². The lowest BCUT2D eigenvalue weighted by Gasteiger charge is -2.30. The summed E-state index contributed by atoms with van der Waals surface area (Å²) in [5, 5.41) is 3.02. The number of carbonyl (C=O) groups excluding carboxylic acids is 1. The van der Waals surface area contributed by atoms with Crippen LogP contribution in [0.5, 0.6) is 0 Å². The Balaban J connectivity index is 2.31. The van der Waals surface area contributed by atoms with Crippen LogP contribution in [0.15, 0.2) is 0 Å². The van der Waals surface area contributed by atoms with Crippen molar-refractivity contribution in [3.63, 3.8) is 0 Å². The SMILES string of the molecule is CCC(CCl)(CCl)NC(=O)CCC1CCCCC1. The lowest BCUT2D eigenvalue weighted by atomic mass is 9.86. The van der Waals surface area contributed by atoms with Crippen molar-refractivity contribution in [3.8, 4) is 0 Å². The van der Waals surface area contributed by atoms with Gasteiger partial charge in [-0.15, -0.1) is 23.2 Å². The molecule has 0 aliphatic heterocycles. The molecular weight excluding hydrogens is 269 g/mol. The van der Waals surface area contributed by atoms with E-state index in [2.05, 4.69) is 5.32 Å². The molecule has 1 amide bonds. The Bertz CT molecular complexity index is 240. The summed E-state index contributed by atoms with van der Waals surface area (Å²) in [6.45, 7) is 2.01. The first-order chi connectivity index (χ1) is 8.65. The van der Waals surface area contributed by atoms with Gasteiger partial charge in [0.05, 0.1) is 5.54 Å². The van der Waals surface area contributed by atoms with Crippen LogP contribution in [0.1, 0.15) is 58.3 Å². The van der Waals surface area contributed by atoms with E-state index in [1.165, 1.54) is 32.1 Å². The molecule has 0 aromatic heterocycles. The van der Waals surface area contributed by atoms with Gasteiger partial charge in [0, 0.05) is 18.2 Å². The number of hydrogen-bond acceptors (Lipinski definition) is 1. The molecule has 1 aliphatic rings. The summed E-state index contributed by atoms with van der Waals surface area (Å²) < 4.78 is 0. The third-order valence-electron chi connectivity index (χ3n) is 4.10. The number of amides is 1. The molecule has 106 valence electrons. The molecule has 0 unspecified atom stereocenters. The molecule has 1 rings (SSSR count). The van der Waals surface area contributed by atoms with Gasteiger partial charge in [-0.05, 0) is 18.8 Å². The van der Waals surface area contributed by atoms with E-state index >= 15 is 0 Å². The summed E-state index contributed by atoms with van der Waals surface area (Å²) in [5.74, 6) is 1.60. The van der Waals surface area contributed by atoms with Crippen molar-refractivity contribution in [2.24, 2.45) is 5.92 Å². The third-order valence-corrected chi connectivity index (χ3v) is 5.12. The van der Waals surface area contributed by atoms with Gasteiger partial charge in [0.2, 0.25) is 5.91 Å². The molecule has 0 saturated heterocycles. The van der Waals surface area contributed by atoms with Crippen LogP contribution in [0.2, 0.25) is 0 Å². The highest BCUT2D eigenvalue weighted by molar-refractivity contribution is 6.22. The Morgan fingerprint density at radius 3 is 2.33 bits per heavy atom. The van der Waals surface area contributed by atoms with E-state index in [9.17, 15) is 4.79 Å². The minimum Gasteiger partial charge on any atom is -0.348 e. The molecular formula is C14H25Cl2NO. The second-order valence-electron chi connectivity index (χ2n) is 5.49. The number of nitrogens with one attached hydrogen (secondary N) is 1. The minimum absolute atomic E-state index is 0.101. The quantitative estimate of drug-likeness (QED) is 0.704. The van der Waals surface area contributed by atoms with Crippen LogP contribution in [-0.2, 0) is 4.79 Å². The normalized spacial score (nSPS) is 17.7. The molecule has 18 heavy (non-hydrogen) atoms. The molecule has 1 fully saturated rings. The van der Waals surface area contributed by atoms with E-state index < -0.39 is 5.54 Å². The van der Waals surface area contributed by atoms with Crippen LogP contribution in [-0.4, -0.2) is 23.2 Å². The standard InChI is InChI=1S/C14H25Cl2NO/c1-2-14(10-15,11-16)17-13(18)9-8-12-6-4-3-5-7-12/h12H,2-11H2,1H3,(H,17,18).